The molecule has 2 aromatic carbocycles. The topological polar surface area (TPSA) is 50.8 Å². The highest BCUT2D eigenvalue weighted by molar-refractivity contribution is 5.92. The van der Waals surface area contributed by atoms with Crippen LogP contribution in [0, 0.1) is 0 Å². The number of nitrogens with zero attached hydrogens (tertiary/aromatic N) is 2. The van der Waals surface area contributed by atoms with Crippen molar-refractivity contribution in [3.05, 3.63) is 78.9 Å². The number of rotatable bonds is 4. The molecule has 2 aromatic heterocycles. The molecule has 0 aliphatic rings. The molecule has 0 aliphatic heterocycles. The van der Waals surface area contributed by atoms with Gasteiger partial charge in [0.2, 0.25) is 0 Å². The fourth-order valence-corrected chi connectivity index (χ4v) is 2.57. The Morgan fingerprint density at radius 2 is 1.78 bits per heavy atom. The molecule has 0 atom stereocenters. The third kappa shape index (κ3) is 2.79. The molecule has 0 radical (unpaired) electrons. The molecule has 0 aliphatic carbocycles. The number of fused-ring (bicyclic) bond motifs is 1. The molecule has 2 heterocycles. The molecule has 1 N–H and O–H groups in total. The maximum atomic E-state index is 5.82. The first-order valence-electron chi connectivity index (χ1n) is 7.44. The van der Waals surface area contributed by atoms with Gasteiger partial charge in [-0.05, 0) is 23.3 Å². The van der Waals surface area contributed by atoms with Crippen molar-refractivity contribution in [3.63, 3.8) is 0 Å². The number of benzene rings is 2. The quantitative estimate of drug-likeness (QED) is 0.614. The Hall–Kier alpha value is -3.14. The summed E-state index contributed by atoms with van der Waals surface area (Å²) in [6, 6.07) is 18.2. The molecule has 0 unspecified atom stereocenters. The Bertz CT molecular complexity index is 914. The molecule has 4 aromatic rings. The monoisotopic (exact) mass is 301 g/mol. The summed E-state index contributed by atoms with van der Waals surface area (Å²) >= 11 is 0. The Morgan fingerprint density at radius 1 is 0.957 bits per heavy atom. The van der Waals surface area contributed by atoms with Gasteiger partial charge in [-0.25, -0.2) is 9.97 Å². The summed E-state index contributed by atoms with van der Waals surface area (Å²) < 4.78 is 5.82. The molecular weight excluding hydrogens is 286 g/mol. The second kappa shape index (κ2) is 5.93. The largest absolute Gasteiger partial charge is 0.489 e. The van der Waals surface area contributed by atoms with Crippen molar-refractivity contribution < 1.29 is 4.74 Å². The van der Waals surface area contributed by atoms with E-state index in [1.807, 2.05) is 42.7 Å². The van der Waals surface area contributed by atoms with E-state index in [0.29, 0.717) is 6.61 Å². The average molecular weight is 301 g/mol. The first-order valence-corrected chi connectivity index (χ1v) is 7.44. The predicted molar refractivity (Wildman–Crippen MR) is 90.1 cm³/mol. The molecule has 4 nitrogen and oxygen atoms in total. The summed E-state index contributed by atoms with van der Waals surface area (Å²) in [7, 11) is 0. The zero-order valence-electron chi connectivity index (χ0n) is 12.4. The Kier molecular flexibility index (Phi) is 3.48. The Morgan fingerprint density at radius 3 is 2.61 bits per heavy atom. The molecule has 0 spiro atoms. The van der Waals surface area contributed by atoms with Crippen LogP contribution in [-0.2, 0) is 6.61 Å². The second-order valence-electron chi connectivity index (χ2n) is 5.29. The third-order valence-corrected chi connectivity index (χ3v) is 3.77. The van der Waals surface area contributed by atoms with Crippen LogP contribution in [0.5, 0.6) is 5.75 Å². The van der Waals surface area contributed by atoms with E-state index in [-0.39, 0.29) is 0 Å². The summed E-state index contributed by atoms with van der Waals surface area (Å²) in [4.78, 5) is 11.5. The summed E-state index contributed by atoms with van der Waals surface area (Å²) in [5.41, 5.74) is 4.21. The van der Waals surface area contributed by atoms with Crippen LogP contribution >= 0.6 is 0 Å². The molecule has 0 saturated carbocycles. The van der Waals surface area contributed by atoms with E-state index < -0.39 is 0 Å². The van der Waals surface area contributed by atoms with Crippen molar-refractivity contribution in [1.82, 2.24) is 15.0 Å². The maximum absolute atomic E-state index is 5.82. The number of hydrogen-bond acceptors (Lipinski definition) is 3. The summed E-state index contributed by atoms with van der Waals surface area (Å²) in [5.74, 6) is 0.855. The highest BCUT2D eigenvalue weighted by Crippen LogP contribution is 2.28. The minimum atomic E-state index is 0.571. The van der Waals surface area contributed by atoms with Crippen molar-refractivity contribution in [2.45, 2.75) is 6.61 Å². The molecule has 23 heavy (non-hydrogen) atoms. The predicted octanol–water partition coefficient (Wildman–Crippen LogP) is 4.20. The van der Waals surface area contributed by atoms with Crippen LogP contribution in [0.1, 0.15) is 5.56 Å². The van der Waals surface area contributed by atoms with Crippen LogP contribution in [0.3, 0.4) is 0 Å². The van der Waals surface area contributed by atoms with Gasteiger partial charge < -0.3 is 9.72 Å². The lowest BCUT2D eigenvalue weighted by Gasteiger charge is -2.07. The van der Waals surface area contributed by atoms with E-state index in [1.54, 1.807) is 6.33 Å². The van der Waals surface area contributed by atoms with Crippen LogP contribution in [0.25, 0.3) is 22.2 Å². The van der Waals surface area contributed by atoms with Crippen LogP contribution < -0.4 is 4.74 Å². The molecule has 0 fully saturated rings. The molecule has 4 rings (SSSR count). The number of ether oxygens (including phenoxy) is 1. The van der Waals surface area contributed by atoms with Crippen molar-refractivity contribution >= 4 is 11.0 Å². The lowest BCUT2D eigenvalue weighted by Crippen LogP contribution is -1.94. The van der Waals surface area contributed by atoms with Gasteiger partial charge in [-0.1, -0.05) is 42.5 Å². The van der Waals surface area contributed by atoms with Gasteiger partial charge in [0.1, 0.15) is 24.3 Å². The molecule has 0 saturated heterocycles. The SMILES string of the molecule is c1ccc(COc2ccc(-c3c[nH]c4ncncc34)cc2)cc1. The van der Waals surface area contributed by atoms with Crippen LogP contribution in [0.2, 0.25) is 0 Å². The van der Waals surface area contributed by atoms with Crippen LogP contribution in [0.15, 0.2) is 73.3 Å². The number of hydrogen-bond donors (Lipinski definition) is 1. The van der Waals surface area contributed by atoms with Gasteiger partial charge in [0.15, 0.2) is 0 Å². The summed E-state index contributed by atoms with van der Waals surface area (Å²) in [5, 5.41) is 1.02. The lowest BCUT2D eigenvalue weighted by molar-refractivity contribution is 0.306. The standard InChI is InChI=1S/C19H15N3O/c1-2-4-14(5-3-1)12-23-16-8-6-15(7-9-16)17-11-21-19-18(17)10-20-13-22-19/h1-11,13H,12H2,(H,20,21,22). The van der Waals surface area contributed by atoms with Crippen molar-refractivity contribution in [2.24, 2.45) is 0 Å². The molecule has 4 heteroatoms. The number of aromatic amines is 1. The molecule has 0 bridgehead atoms. The minimum absolute atomic E-state index is 0.571. The maximum Gasteiger partial charge on any atom is 0.141 e. The van der Waals surface area contributed by atoms with E-state index in [9.17, 15) is 0 Å². The molecule has 112 valence electrons. The Balaban J connectivity index is 1.54. The highest BCUT2D eigenvalue weighted by atomic mass is 16.5. The van der Waals surface area contributed by atoms with Gasteiger partial charge in [-0.3, -0.25) is 0 Å². The number of nitrogens with one attached hydrogen (secondary N) is 1. The van der Waals surface area contributed by atoms with Gasteiger partial charge in [-0.15, -0.1) is 0 Å². The summed E-state index contributed by atoms with van der Waals surface area (Å²) in [6.07, 6.45) is 5.33. The van der Waals surface area contributed by atoms with E-state index >= 15 is 0 Å². The lowest BCUT2D eigenvalue weighted by atomic mass is 10.1. The summed E-state index contributed by atoms with van der Waals surface area (Å²) in [6.45, 7) is 0.571. The van der Waals surface area contributed by atoms with Gasteiger partial charge in [0.25, 0.3) is 0 Å². The second-order valence-corrected chi connectivity index (χ2v) is 5.29. The van der Waals surface area contributed by atoms with Crippen LogP contribution in [0.4, 0.5) is 0 Å². The van der Waals surface area contributed by atoms with Gasteiger partial charge in [-0.2, -0.15) is 0 Å². The average Bonchev–Trinajstić information content (AvgIpc) is 3.05. The first-order chi connectivity index (χ1) is 11.4. The fourth-order valence-electron chi connectivity index (χ4n) is 2.57. The van der Waals surface area contributed by atoms with Crippen molar-refractivity contribution in [2.75, 3.05) is 0 Å². The van der Waals surface area contributed by atoms with Gasteiger partial charge in [0.05, 0.1) is 0 Å². The van der Waals surface area contributed by atoms with E-state index in [1.165, 1.54) is 0 Å². The molecule has 0 amide bonds. The van der Waals surface area contributed by atoms with E-state index in [2.05, 4.69) is 39.2 Å². The smallest absolute Gasteiger partial charge is 0.141 e. The van der Waals surface area contributed by atoms with Crippen LogP contribution in [-0.4, -0.2) is 15.0 Å². The van der Waals surface area contributed by atoms with E-state index in [4.69, 9.17) is 4.74 Å². The third-order valence-electron chi connectivity index (χ3n) is 3.77. The first kappa shape index (κ1) is 13.5. The zero-order chi connectivity index (χ0) is 15.5. The number of H-pyrrole nitrogens is 1. The Labute approximate surface area is 133 Å². The zero-order valence-corrected chi connectivity index (χ0v) is 12.4. The minimum Gasteiger partial charge on any atom is -0.489 e. The van der Waals surface area contributed by atoms with Gasteiger partial charge >= 0.3 is 0 Å². The fraction of sp³-hybridized carbons (Fsp3) is 0.0526. The normalized spacial score (nSPS) is 10.8. The van der Waals surface area contributed by atoms with Crippen molar-refractivity contribution in [1.29, 1.82) is 0 Å². The highest BCUT2D eigenvalue weighted by Gasteiger charge is 2.07. The molecular formula is C19H15N3O. The van der Waals surface area contributed by atoms with Crippen molar-refractivity contribution in [3.8, 4) is 16.9 Å². The van der Waals surface area contributed by atoms with E-state index in [0.717, 1.165) is 33.5 Å². The number of aromatic nitrogens is 3. The van der Waals surface area contributed by atoms with Gasteiger partial charge in [0, 0.05) is 23.3 Å².